The zero-order valence-electron chi connectivity index (χ0n) is 11.9. The number of ether oxygens (including phenoxy) is 2. The van der Waals surface area contributed by atoms with Crippen LogP contribution in [-0.4, -0.2) is 44.2 Å². The van der Waals surface area contributed by atoms with Crippen LogP contribution < -0.4 is 4.74 Å². The Bertz CT molecular complexity index is 478. The summed E-state index contributed by atoms with van der Waals surface area (Å²) < 4.78 is 23.5. The van der Waals surface area contributed by atoms with E-state index in [0.29, 0.717) is 6.42 Å². The highest BCUT2D eigenvalue weighted by molar-refractivity contribution is 5.69. The van der Waals surface area contributed by atoms with Gasteiger partial charge in [-0.15, -0.1) is 0 Å². The Morgan fingerprint density at radius 2 is 2.35 bits per heavy atom. The number of esters is 1. The van der Waals surface area contributed by atoms with Crippen LogP contribution in [0, 0.1) is 5.82 Å². The van der Waals surface area contributed by atoms with Gasteiger partial charge in [-0.3, -0.25) is 4.79 Å². The van der Waals surface area contributed by atoms with Crippen molar-refractivity contribution in [3.63, 3.8) is 0 Å². The Morgan fingerprint density at radius 3 is 3.10 bits per heavy atom. The molecule has 1 unspecified atom stereocenters. The van der Waals surface area contributed by atoms with Crippen LogP contribution in [0.4, 0.5) is 4.39 Å². The fraction of sp³-hybridized carbons (Fsp3) is 0.533. The Kier molecular flexibility index (Phi) is 4.95. The van der Waals surface area contributed by atoms with Gasteiger partial charge in [0.1, 0.15) is 17.7 Å². The second kappa shape index (κ2) is 6.70. The monoisotopic (exact) mass is 281 g/mol. The summed E-state index contributed by atoms with van der Waals surface area (Å²) in [5.74, 6) is 0.372. The van der Waals surface area contributed by atoms with E-state index in [1.807, 2.05) is 7.05 Å². The van der Waals surface area contributed by atoms with Crippen LogP contribution >= 0.6 is 0 Å². The fourth-order valence-electron chi connectivity index (χ4n) is 2.43. The molecule has 1 heterocycles. The summed E-state index contributed by atoms with van der Waals surface area (Å²) in [7, 11) is 3.39. The molecule has 0 N–H and O–H groups in total. The zero-order chi connectivity index (χ0) is 14.5. The van der Waals surface area contributed by atoms with E-state index in [2.05, 4.69) is 9.64 Å². The number of nitrogens with zero attached hydrogens (tertiary/aromatic N) is 1. The van der Waals surface area contributed by atoms with Crippen molar-refractivity contribution in [1.29, 1.82) is 0 Å². The summed E-state index contributed by atoms with van der Waals surface area (Å²) >= 11 is 0. The van der Waals surface area contributed by atoms with Gasteiger partial charge in [0.05, 0.1) is 7.11 Å². The number of hydrogen-bond donors (Lipinski definition) is 0. The smallest absolute Gasteiger partial charge is 0.305 e. The van der Waals surface area contributed by atoms with Crippen LogP contribution in [0.25, 0.3) is 0 Å². The maximum atomic E-state index is 13.1. The molecular weight excluding hydrogens is 261 g/mol. The van der Waals surface area contributed by atoms with Gasteiger partial charge in [0.25, 0.3) is 0 Å². The minimum Gasteiger partial charge on any atom is -0.488 e. The Morgan fingerprint density at radius 1 is 1.55 bits per heavy atom. The minimum absolute atomic E-state index is 0.0509. The third-order valence-corrected chi connectivity index (χ3v) is 3.43. The van der Waals surface area contributed by atoms with Crippen molar-refractivity contribution in [3.8, 4) is 5.75 Å². The molecule has 0 aromatic heterocycles. The number of rotatable bonds is 6. The SMILES string of the molecule is COC(=O)CCCN(C)CC1Cc2cc(F)ccc2O1. The van der Waals surface area contributed by atoms with E-state index in [1.54, 1.807) is 6.07 Å². The van der Waals surface area contributed by atoms with Gasteiger partial charge in [0, 0.05) is 24.9 Å². The van der Waals surface area contributed by atoms with Crippen LogP contribution in [0.15, 0.2) is 18.2 Å². The summed E-state index contributed by atoms with van der Waals surface area (Å²) in [6.07, 6.45) is 1.97. The number of halogens is 1. The molecule has 5 heteroatoms. The average molecular weight is 281 g/mol. The van der Waals surface area contributed by atoms with E-state index >= 15 is 0 Å². The minimum atomic E-state index is -0.223. The van der Waals surface area contributed by atoms with E-state index in [1.165, 1.54) is 19.2 Å². The van der Waals surface area contributed by atoms with E-state index in [-0.39, 0.29) is 17.9 Å². The fourth-order valence-corrected chi connectivity index (χ4v) is 2.43. The standard InChI is InChI=1S/C15H20FNO3/c1-17(7-3-4-15(18)19-2)10-13-9-11-8-12(16)5-6-14(11)20-13/h5-6,8,13H,3-4,7,9-10H2,1-2H3. The molecule has 2 rings (SSSR count). The molecule has 1 atom stereocenters. The molecule has 0 bridgehead atoms. The largest absolute Gasteiger partial charge is 0.488 e. The molecule has 0 saturated heterocycles. The molecule has 0 radical (unpaired) electrons. The van der Waals surface area contributed by atoms with Crippen LogP contribution in [-0.2, 0) is 16.0 Å². The van der Waals surface area contributed by atoms with Crippen molar-refractivity contribution in [2.45, 2.75) is 25.4 Å². The normalized spacial score (nSPS) is 16.9. The lowest BCUT2D eigenvalue weighted by atomic mass is 10.1. The average Bonchev–Trinajstić information content (AvgIpc) is 2.79. The van der Waals surface area contributed by atoms with Gasteiger partial charge in [0.15, 0.2) is 0 Å². The van der Waals surface area contributed by atoms with Crippen LogP contribution in [0.2, 0.25) is 0 Å². The Balaban J connectivity index is 1.74. The highest BCUT2D eigenvalue weighted by Crippen LogP contribution is 2.29. The first-order valence-corrected chi connectivity index (χ1v) is 6.79. The van der Waals surface area contributed by atoms with Crippen molar-refractivity contribution in [2.75, 3.05) is 27.2 Å². The van der Waals surface area contributed by atoms with Crippen LogP contribution in [0.3, 0.4) is 0 Å². The Labute approximate surface area is 118 Å². The van der Waals surface area contributed by atoms with Crippen molar-refractivity contribution >= 4 is 5.97 Å². The van der Waals surface area contributed by atoms with E-state index < -0.39 is 0 Å². The molecule has 20 heavy (non-hydrogen) atoms. The van der Waals surface area contributed by atoms with Crippen molar-refractivity contribution in [1.82, 2.24) is 4.90 Å². The van der Waals surface area contributed by atoms with Gasteiger partial charge in [-0.2, -0.15) is 0 Å². The predicted octanol–water partition coefficient (Wildman–Crippen LogP) is 2.01. The highest BCUT2D eigenvalue weighted by Gasteiger charge is 2.24. The lowest BCUT2D eigenvalue weighted by molar-refractivity contribution is -0.140. The molecule has 4 nitrogen and oxygen atoms in total. The van der Waals surface area contributed by atoms with E-state index in [4.69, 9.17) is 4.74 Å². The maximum absolute atomic E-state index is 13.1. The van der Waals surface area contributed by atoms with Crippen LogP contribution in [0.5, 0.6) is 5.75 Å². The third-order valence-electron chi connectivity index (χ3n) is 3.43. The zero-order valence-corrected chi connectivity index (χ0v) is 11.9. The summed E-state index contributed by atoms with van der Waals surface area (Å²) in [6.45, 7) is 1.57. The lowest BCUT2D eigenvalue weighted by Gasteiger charge is -2.20. The first kappa shape index (κ1) is 14.8. The number of carbonyl (C=O) groups is 1. The first-order chi connectivity index (χ1) is 9.58. The van der Waals surface area contributed by atoms with E-state index in [9.17, 15) is 9.18 Å². The highest BCUT2D eigenvalue weighted by atomic mass is 19.1. The third kappa shape index (κ3) is 3.93. The van der Waals surface area contributed by atoms with Crippen LogP contribution in [0.1, 0.15) is 18.4 Å². The topological polar surface area (TPSA) is 38.8 Å². The van der Waals surface area contributed by atoms with Gasteiger partial charge >= 0.3 is 5.97 Å². The molecule has 0 fully saturated rings. The summed E-state index contributed by atoms with van der Waals surface area (Å²) in [5, 5.41) is 0. The van der Waals surface area contributed by atoms with Crippen molar-refractivity contribution in [3.05, 3.63) is 29.6 Å². The van der Waals surface area contributed by atoms with Gasteiger partial charge in [0.2, 0.25) is 0 Å². The number of fused-ring (bicyclic) bond motifs is 1. The van der Waals surface area contributed by atoms with Gasteiger partial charge in [-0.1, -0.05) is 0 Å². The number of hydrogen-bond acceptors (Lipinski definition) is 4. The number of likely N-dealkylation sites (N-methyl/N-ethyl adjacent to an activating group) is 1. The molecule has 1 aromatic rings. The molecule has 0 spiro atoms. The maximum Gasteiger partial charge on any atom is 0.305 e. The molecule has 1 aliphatic heterocycles. The Hall–Kier alpha value is -1.62. The lowest BCUT2D eigenvalue weighted by Crippen LogP contribution is -2.32. The molecule has 110 valence electrons. The second-order valence-electron chi connectivity index (χ2n) is 5.14. The predicted molar refractivity (Wildman–Crippen MR) is 73.3 cm³/mol. The van der Waals surface area contributed by atoms with E-state index in [0.717, 1.165) is 37.2 Å². The van der Waals surface area contributed by atoms with Gasteiger partial charge in [-0.25, -0.2) is 4.39 Å². The summed E-state index contributed by atoms with van der Waals surface area (Å²) in [4.78, 5) is 13.1. The quantitative estimate of drug-likeness (QED) is 0.748. The number of carbonyl (C=O) groups excluding carboxylic acids is 1. The molecule has 1 aliphatic rings. The van der Waals surface area contributed by atoms with Gasteiger partial charge < -0.3 is 14.4 Å². The summed E-state index contributed by atoms with van der Waals surface area (Å²) in [5.41, 5.74) is 0.929. The second-order valence-corrected chi connectivity index (χ2v) is 5.14. The van der Waals surface area contributed by atoms with Crippen molar-refractivity contribution < 1.29 is 18.7 Å². The molecule has 1 aromatic carbocycles. The number of methoxy groups -OCH3 is 1. The van der Waals surface area contributed by atoms with Gasteiger partial charge in [-0.05, 0) is 38.2 Å². The molecular formula is C15H20FNO3. The molecule has 0 aliphatic carbocycles. The van der Waals surface area contributed by atoms with Crippen molar-refractivity contribution in [2.24, 2.45) is 0 Å². The molecule has 0 saturated carbocycles. The summed E-state index contributed by atoms with van der Waals surface area (Å²) in [6, 6.07) is 4.63. The number of benzene rings is 1. The first-order valence-electron chi connectivity index (χ1n) is 6.79. The molecule has 0 amide bonds.